The monoisotopic (exact) mass is 168 g/mol. The number of nitrogens with one attached hydrogen (secondary N) is 1. The van der Waals surface area contributed by atoms with Gasteiger partial charge in [-0.25, -0.2) is 4.84 Å². The zero-order chi connectivity index (χ0) is 5.86. The molecular formula is CH3CuN3O3. The molecule has 0 bridgehead atoms. The van der Waals surface area contributed by atoms with Gasteiger partial charge in [0.2, 0.25) is 0 Å². The van der Waals surface area contributed by atoms with Gasteiger partial charge in [-0.1, -0.05) is 0 Å². The maximum atomic E-state index is 9.17. The van der Waals surface area contributed by atoms with Crippen LogP contribution in [0.4, 0.5) is 0 Å². The molecule has 0 aromatic heterocycles. The summed E-state index contributed by atoms with van der Waals surface area (Å²) in [7, 11) is 0. The summed E-state index contributed by atoms with van der Waals surface area (Å²) >= 11 is 0. The van der Waals surface area contributed by atoms with E-state index in [2.05, 4.69) is 10.6 Å². The fraction of sp³-hybridized carbons (Fsp3) is 0. The van der Waals surface area contributed by atoms with E-state index in [9.17, 15) is 10.1 Å². The fourth-order valence-corrected chi connectivity index (χ4v) is 0.0803. The molecular weight excluding hydrogens is 166 g/mol. The Hall–Kier alpha value is -0.811. The van der Waals surface area contributed by atoms with E-state index in [1.165, 1.54) is 0 Å². The molecule has 0 spiro atoms. The van der Waals surface area contributed by atoms with Gasteiger partial charge < -0.3 is 5.73 Å². The van der Waals surface area contributed by atoms with Crippen molar-refractivity contribution in [2.45, 2.75) is 0 Å². The average Bonchev–Trinajstić information content (AvgIpc) is 1.27. The first kappa shape index (κ1) is 10.2. The van der Waals surface area contributed by atoms with Gasteiger partial charge in [0.1, 0.15) is 0 Å². The number of nitrogens with two attached hydrogens (primary N) is 1. The van der Waals surface area contributed by atoms with E-state index in [1.54, 1.807) is 0 Å². The molecule has 0 saturated heterocycles. The fourth-order valence-electron chi connectivity index (χ4n) is 0.0803. The number of hydrogen-bond acceptors (Lipinski definition) is 4. The van der Waals surface area contributed by atoms with E-state index in [4.69, 9.17) is 5.41 Å². The van der Waals surface area contributed by atoms with Crippen molar-refractivity contribution >= 4 is 6.02 Å². The van der Waals surface area contributed by atoms with E-state index in [-0.39, 0.29) is 17.1 Å². The third-order valence-corrected chi connectivity index (χ3v) is 0.173. The summed E-state index contributed by atoms with van der Waals surface area (Å²) in [4.78, 5) is 12.5. The van der Waals surface area contributed by atoms with Crippen molar-refractivity contribution in [2.75, 3.05) is 0 Å². The Bertz CT molecular complexity index is 90.7. The van der Waals surface area contributed by atoms with Gasteiger partial charge in [0.15, 0.2) is 0 Å². The van der Waals surface area contributed by atoms with Gasteiger partial charge in [-0.2, -0.15) is 0 Å². The summed E-state index contributed by atoms with van der Waals surface area (Å²) in [6.07, 6.45) is 0. The Kier molecular flexibility index (Phi) is 5.56. The van der Waals surface area contributed by atoms with Crippen molar-refractivity contribution in [3.8, 4) is 0 Å². The molecule has 7 heteroatoms. The predicted molar refractivity (Wildman–Crippen MR) is 20.0 cm³/mol. The number of rotatable bonds is 1. The van der Waals surface area contributed by atoms with Crippen LogP contribution in [0.3, 0.4) is 0 Å². The summed E-state index contributed by atoms with van der Waals surface area (Å²) < 4.78 is 0. The molecule has 0 aliphatic rings. The first-order chi connectivity index (χ1) is 3.13. The quantitative estimate of drug-likeness (QED) is 0.174. The molecule has 3 N–H and O–H groups in total. The van der Waals surface area contributed by atoms with Gasteiger partial charge >= 0.3 is 5.09 Å². The van der Waals surface area contributed by atoms with Gasteiger partial charge in [0, 0.05) is 17.1 Å². The summed E-state index contributed by atoms with van der Waals surface area (Å²) in [5.74, 6) is 0. The second kappa shape index (κ2) is 4.35. The SMILES string of the molecule is N=C(N)O[N+](=O)[O-].[Cu]. The van der Waals surface area contributed by atoms with Crippen molar-refractivity contribution in [1.82, 2.24) is 0 Å². The van der Waals surface area contributed by atoms with Crippen molar-refractivity contribution < 1.29 is 27.0 Å². The molecule has 0 heterocycles. The minimum atomic E-state index is -1.15. The Morgan fingerprint density at radius 1 is 1.88 bits per heavy atom. The third kappa shape index (κ3) is 8.95. The van der Waals surface area contributed by atoms with Crippen molar-refractivity contribution in [2.24, 2.45) is 5.73 Å². The van der Waals surface area contributed by atoms with Crippen LogP contribution in [0, 0.1) is 15.5 Å². The molecule has 0 fully saturated rings. The topological polar surface area (TPSA) is 102 Å². The Morgan fingerprint density at radius 3 is 2.25 bits per heavy atom. The van der Waals surface area contributed by atoms with E-state index >= 15 is 0 Å². The zero-order valence-corrected chi connectivity index (χ0v) is 4.49. The first-order valence-electron chi connectivity index (χ1n) is 1.29. The summed E-state index contributed by atoms with van der Waals surface area (Å²) in [5, 5.41) is 14.2. The van der Waals surface area contributed by atoms with Gasteiger partial charge in [0.05, 0.1) is 0 Å². The molecule has 0 amide bonds. The molecule has 0 aromatic rings. The van der Waals surface area contributed by atoms with Crippen LogP contribution in [0.25, 0.3) is 0 Å². The molecule has 0 rings (SSSR count). The molecule has 0 aromatic carbocycles. The third-order valence-electron chi connectivity index (χ3n) is 0.173. The number of nitrogens with zero attached hydrogens (tertiary/aromatic N) is 1. The van der Waals surface area contributed by atoms with E-state index in [0.717, 1.165) is 0 Å². The normalized spacial score (nSPS) is 6.50. The largest absolute Gasteiger partial charge is 0.365 e. The van der Waals surface area contributed by atoms with Crippen LogP contribution in [0.15, 0.2) is 0 Å². The van der Waals surface area contributed by atoms with Gasteiger partial charge in [0.25, 0.3) is 6.02 Å². The van der Waals surface area contributed by atoms with Crippen LogP contribution < -0.4 is 5.73 Å². The molecule has 0 aliphatic carbocycles. The van der Waals surface area contributed by atoms with E-state index in [1.807, 2.05) is 0 Å². The number of amidine groups is 1. The minimum Gasteiger partial charge on any atom is -0.365 e. The number of hydrogen-bond donors (Lipinski definition) is 2. The molecule has 0 saturated carbocycles. The predicted octanol–water partition coefficient (Wildman–Crippen LogP) is -0.914. The summed E-state index contributed by atoms with van der Waals surface area (Å²) in [6, 6.07) is -0.912. The van der Waals surface area contributed by atoms with E-state index < -0.39 is 11.1 Å². The standard InChI is InChI=1S/CH3N3O3.Cu/c2-1(3)7-4(5)6;/h(H3,2,3);. The maximum Gasteiger partial charge on any atom is 0.302 e. The van der Waals surface area contributed by atoms with Crippen molar-refractivity contribution in [3.05, 3.63) is 10.1 Å². The smallest absolute Gasteiger partial charge is 0.302 e. The molecule has 8 heavy (non-hydrogen) atoms. The van der Waals surface area contributed by atoms with Gasteiger partial charge in [-0.15, -0.1) is 10.1 Å². The van der Waals surface area contributed by atoms with Crippen LogP contribution in [0.5, 0.6) is 0 Å². The molecule has 51 valence electrons. The van der Waals surface area contributed by atoms with Gasteiger partial charge in [-0.3, -0.25) is 5.41 Å². The van der Waals surface area contributed by atoms with Gasteiger partial charge in [-0.05, 0) is 0 Å². The first-order valence-corrected chi connectivity index (χ1v) is 1.29. The van der Waals surface area contributed by atoms with E-state index in [0.29, 0.717) is 0 Å². The Labute approximate surface area is 55.1 Å². The molecule has 6 nitrogen and oxygen atoms in total. The summed E-state index contributed by atoms with van der Waals surface area (Å²) in [5.41, 5.74) is 4.41. The van der Waals surface area contributed by atoms with Crippen LogP contribution in [0.1, 0.15) is 0 Å². The minimum absolute atomic E-state index is 0. The average molecular weight is 169 g/mol. The Balaban J connectivity index is 0. The van der Waals surface area contributed by atoms with Crippen LogP contribution in [-0.2, 0) is 21.9 Å². The molecule has 0 atom stereocenters. The molecule has 0 aliphatic heterocycles. The van der Waals surface area contributed by atoms with Crippen LogP contribution in [0.2, 0.25) is 0 Å². The Morgan fingerprint density at radius 2 is 2.25 bits per heavy atom. The molecule has 0 unspecified atom stereocenters. The maximum absolute atomic E-state index is 9.17. The second-order valence-electron chi connectivity index (χ2n) is 0.679. The van der Waals surface area contributed by atoms with Crippen molar-refractivity contribution in [1.29, 1.82) is 5.41 Å². The summed E-state index contributed by atoms with van der Waals surface area (Å²) in [6.45, 7) is 0. The zero-order valence-electron chi connectivity index (χ0n) is 3.55. The van der Waals surface area contributed by atoms with Crippen molar-refractivity contribution in [3.63, 3.8) is 0 Å². The second-order valence-corrected chi connectivity index (χ2v) is 0.679. The molecule has 1 radical (unpaired) electrons. The van der Waals surface area contributed by atoms with Crippen LogP contribution >= 0.6 is 0 Å². The van der Waals surface area contributed by atoms with Crippen LogP contribution in [-0.4, -0.2) is 11.1 Å².